The second-order valence-electron chi connectivity index (χ2n) is 5.07. The summed E-state index contributed by atoms with van der Waals surface area (Å²) in [5, 5.41) is 11.7. The lowest BCUT2D eigenvalue weighted by atomic mass is 10.2. The average molecular weight is 354 g/mol. The molecule has 0 saturated heterocycles. The molecule has 114 valence electrons. The molecule has 0 aliphatic carbocycles. The predicted octanol–water partition coefficient (Wildman–Crippen LogP) is 2.99. The predicted molar refractivity (Wildman–Crippen MR) is 85.4 cm³/mol. The lowest BCUT2D eigenvalue weighted by molar-refractivity contribution is -0.119. The van der Waals surface area contributed by atoms with Crippen LogP contribution < -0.4 is 5.32 Å². The van der Waals surface area contributed by atoms with Gasteiger partial charge in [-0.1, -0.05) is 0 Å². The summed E-state index contributed by atoms with van der Waals surface area (Å²) in [6, 6.07) is -0.390. The quantitative estimate of drug-likeness (QED) is 0.918. The first-order valence-electron chi connectivity index (χ1n) is 6.91. The van der Waals surface area contributed by atoms with E-state index in [0.717, 1.165) is 33.8 Å². The molecule has 0 bridgehead atoms. The zero-order valence-corrected chi connectivity index (χ0v) is 14.5. The van der Waals surface area contributed by atoms with Crippen LogP contribution in [0.3, 0.4) is 0 Å². The minimum absolute atomic E-state index is 0.105. The van der Waals surface area contributed by atoms with Gasteiger partial charge in [-0.05, 0) is 50.5 Å². The molecule has 7 heteroatoms. The normalized spacial score (nSPS) is 12.5. The minimum Gasteiger partial charge on any atom is -0.321 e. The Bertz CT molecular complexity index is 654. The molecule has 1 N–H and O–H groups in total. The summed E-state index contributed by atoms with van der Waals surface area (Å²) in [7, 11) is 0. The van der Waals surface area contributed by atoms with Gasteiger partial charge in [-0.25, -0.2) is 0 Å². The zero-order chi connectivity index (χ0) is 15.7. The number of carbonyl (C=O) groups is 1. The topological polar surface area (TPSA) is 64.7 Å². The van der Waals surface area contributed by atoms with E-state index < -0.39 is 6.04 Å². The van der Waals surface area contributed by atoms with Gasteiger partial charge in [0.25, 0.3) is 0 Å². The maximum Gasteiger partial charge on any atom is 0.249 e. The number of amides is 1. The summed E-state index contributed by atoms with van der Waals surface area (Å²) in [4.78, 5) is 12.4. The molecular formula is C14H20BrN5O. The van der Waals surface area contributed by atoms with Gasteiger partial charge in [0.15, 0.2) is 0 Å². The number of aromatic nitrogens is 4. The van der Waals surface area contributed by atoms with Crippen LogP contribution in [-0.4, -0.2) is 25.5 Å². The highest BCUT2D eigenvalue weighted by atomic mass is 79.9. The summed E-state index contributed by atoms with van der Waals surface area (Å²) in [6.45, 7) is 10.4. The van der Waals surface area contributed by atoms with Crippen molar-refractivity contribution in [1.82, 2.24) is 19.6 Å². The highest BCUT2D eigenvalue weighted by Crippen LogP contribution is 2.22. The van der Waals surface area contributed by atoms with Gasteiger partial charge in [-0.3, -0.25) is 14.2 Å². The average Bonchev–Trinajstić information content (AvgIpc) is 2.92. The van der Waals surface area contributed by atoms with Crippen LogP contribution in [-0.2, 0) is 11.3 Å². The molecule has 2 aromatic rings. The Hall–Kier alpha value is -1.63. The van der Waals surface area contributed by atoms with Crippen LogP contribution in [0.5, 0.6) is 0 Å². The number of aryl methyl sites for hydroxylation is 3. The fraction of sp³-hybridized carbons (Fsp3) is 0.500. The number of rotatable bonds is 4. The van der Waals surface area contributed by atoms with Crippen molar-refractivity contribution in [2.45, 2.75) is 47.2 Å². The highest BCUT2D eigenvalue weighted by Gasteiger charge is 2.20. The molecule has 0 fully saturated rings. The van der Waals surface area contributed by atoms with E-state index >= 15 is 0 Å². The van der Waals surface area contributed by atoms with Crippen LogP contribution in [0.1, 0.15) is 37.0 Å². The summed E-state index contributed by atoms with van der Waals surface area (Å²) in [5.41, 5.74) is 3.44. The largest absolute Gasteiger partial charge is 0.321 e. The van der Waals surface area contributed by atoms with Gasteiger partial charge in [-0.2, -0.15) is 10.2 Å². The second kappa shape index (κ2) is 6.01. The Kier molecular flexibility index (Phi) is 4.51. The van der Waals surface area contributed by atoms with Crippen molar-refractivity contribution in [3.8, 4) is 0 Å². The smallest absolute Gasteiger partial charge is 0.249 e. The van der Waals surface area contributed by atoms with Crippen molar-refractivity contribution in [1.29, 1.82) is 0 Å². The molecule has 0 radical (unpaired) electrons. The number of carbonyl (C=O) groups excluding carboxylic acids is 1. The van der Waals surface area contributed by atoms with Gasteiger partial charge in [-0.15, -0.1) is 0 Å². The van der Waals surface area contributed by atoms with Crippen molar-refractivity contribution in [2.24, 2.45) is 0 Å². The molecule has 0 spiro atoms. The molecule has 1 amide bonds. The van der Waals surface area contributed by atoms with E-state index in [4.69, 9.17) is 0 Å². The Morgan fingerprint density at radius 3 is 2.48 bits per heavy atom. The van der Waals surface area contributed by atoms with Crippen LogP contribution in [0.2, 0.25) is 0 Å². The van der Waals surface area contributed by atoms with Crippen LogP contribution in [0, 0.1) is 20.8 Å². The molecule has 2 aromatic heterocycles. The van der Waals surface area contributed by atoms with Gasteiger partial charge in [0, 0.05) is 12.7 Å². The van der Waals surface area contributed by atoms with Crippen LogP contribution in [0.15, 0.2) is 10.7 Å². The van der Waals surface area contributed by atoms with E-state index in [1.54, 1.807) is 4.68 Å². The molecular weight excluding hydrogens is 334 g/mol. The Morgan fingerprint density at radius 2 is 2.00 bits per heavy atom. The molecule has 2 heterocycles. The van der Waals surface area contributed by atoms with E-state index in [1.807, 2.05) is 45.5 Å². The molecule has 6 nitrogen and oxygen atoms in total. The fourth-order valence-corrected chi connectivity index (χ4v) is 2.48. The van der Waals surface area contributed by atoms with E-state index in [9.17, 15) is 4.79 Å². The van der Waals surface area contributed by atoms with Crippen molar-refractivity contribution < 1.29 is 4.79 Å². The Labute approximate surface area is 132 Å². The summed E-state index contributed by atoms with van der Waals surface area (Å²) >= 11 is 3.41. The lowest BCUT2D eigenvalue weighted by Gasteiger charge is -2.13. The van der Waals surface area contributed by atoms with E-state index in [2.05, 4.69) is 31.4 Å². The molecule has 21 heavy (non-hydrogen) atoms. The number of nitrogens with one attached hydrogen (secondary N) is 1. The van der Waals surface area contributed by atoms with Crippen molar-refractivity contribution >= 4 is 27.5 Å². The monoisotopic (exact) mass is 353 g/mol. The van der Waals surface area contributed by atoms with E-state index in [1.165, 1.54) is 0 Å². The number of hydrogen-bond acceptors (Lipinski definition) is 3. The van der Waals surface area contributed by atoms with E-state index in [-0.39, 0.29) is 5.91 Å². The summed E-state index contributed by atoms with van der Waals surface area (Å²) in [6.07, 6.45) is 1.81. The molecule has 0 saturated carbocycles. The fourth-order valence-electron chi connectivity index (χ4n) is 2.19. The number of hydrogen-bond donors (Lipinski definition) is 1. The third-order valence-electron chi connectivity index (χ3n) is 3.56. The third-order valence-corrected chi connectivity index (χ3v) is 4.34. The Morgan fingerprint density at radius 1 is 1.33 bits per heavy atom. The highest BCUT2D eigenvalue weighted by molar-refractivity contribution is 9.10. The van der Waals surface area contributed by atoms with Crippen molar-refractivity contribution in [3.63, 3.8) is 0 Å². The molecule has 0 aromatic carbocycles. The van der Waals surface area contributed by atoms with Crippen molar-refractivity contribution in [3.05, 3.63) is 27.8 Å². The van der Waals surface area contributed by atoms with Gasteiger partial charge < -0.3 is 5.32 Å². The molecule has 1 atom stereocenters. The molecule has 0 aliphatic heterocycles. The van der Waals surface area contributed by atoms with Gasteiger partial charge >= 0.3 is 0 Å². The van der Waals surface area contributed by atoms with Gasteiger partial charge in [0.2, 0.25) is 5.91 Å². The van der Waals surface area contributed by atoms with Crippen LogP contribution in [0.4, 0.5) is 5.69 Å². The number of halogens is 1. The standard InChI is InChI=1S/C14H20BrN5O/c1-6-19-10(4)13(9(3)18-19)16-14(21)11(5)20-7-12(15)8(2)17-20/h7,11H,6H2,1-5H3,(H,16,21). The lowest BCUT2D eigenvalue weighted by Crippen LogP contribution is -2.24. The number of nitrogens with zero attached hydrogens (tertiary/aromatic N) is 4. The van der Waals surface area contributed by atoms with Gasteiger partial charge in [0.05, 0.1) is 27.2 Å². The Balaban J connectivity index is 2.20. The van der Waals surface area contributed by atoms with E-state index in [0.29, 0.717) is 0 Å². The van der Waals surface area contributed by atoms with Crippen LogP contribution in [0.25, 0.3) is 0 Å². The molecule has 2 rings (SSSR count). The molecule has 1 unspecified atom stereocenters. The third kappa shape index (κ3) is 3.02. The number of anilines is 1. The van der Waals surface area contributed by atoms with Crippen molar-refractivity contribution in [2.75, 3.05) is 5.32 Å². The van der Waals surface area contributed by atoms with Gasteiger partial charge in [0.1, 0.15) is 6.04 Å². The maximum atomic E-state index is 12.4. The zero-order valence-electron chi connectivity index (χ0n) is 12.9. The molecule has 0 aliphatic rings. The first kappa shape index (κ1) is 15.8. The summed E-state index contributed by atoms with van der Waals surface area (Å²) < 4.78 is 4.43. The minimum atomic E-state index is -0.390. The SMILES string of the molecule is CCn1nc(C)c(NC(=O)C(C)n2cc(Br)c(C)n2)c1C. The first-order chi connectivity index (χ1) is 9.85. The first-order valence-corrected chi connectivity index (χ1v) is 7.70. The van der Waals surface area contributed by atoms with Crippen LogP contribution >= 0.6 is 15.9 Å². The second-order valence-corrected chi connectivity index (χ2v) is 5.92. The summed E-state index contributed by atoms with van der Waals surface area (Å²) in [5.74, 6) is -0.105. The maximum absolute atomic E-state index is 12.4.